The second-order valence-corrected chi connectivity index (χ2v) is 5.78. The van der Waals surface area contributed by atoms with Crippen LogP contribution in [-0.2, 0) is 11.0 Å². The Labute approximate surface area is 141 Å². The molecular weight excluding hydrogens is 337 g/mol. The third kappa shape index (κ3) is 3.57. The number of aromatic nitrogens is 4. The molecule has 0 aromatic carbocycles. The van der Waals surface area contributed by atoms with Crippen LogP contribution in [0.1, 0.15) is 18.7 Å². The fourth-order valence-corrected chi connectivity index (χ4v) is 2.81. The van der Waals surface area contributed by atoms with Gasteiger partial charge in [-0.05, 0) is 25.0 Å². The molecule has 0 bridgehead atoms. The first-order chi connectivity index (χ1) is 11.9. The first-order valence-electron chi connectivity index (χ1n) is 7.83. The van der Waals surface area contributed by atoms with Crippen molar-refractivity contribution in [3.05, 3.63) is 30.6 Å². The van der Waals surface area contributed by atoms with E-state index in [1.807, 2.05) is 4.90 Å². The average molecular weight is 354 g/mol. The summed E-state index contributed by atoms with van der Waals surface area (Å²) in [6.45, 7) is 5.04. The van der Waals surface area contributed by atoms with Gasteiger partial charge in [0, 0.05) is 25.6 Å². The Morgan fingerprint density at radius 3 is 2.68 bits per heavy atom. The summed E-state index contributed by atoms with van der Waals surface area (Å²) in [5.41, 5.74) is 0.0368. The molecule has 1 aliphatic heterocycles. The van der Waals surface area contributed by atoms with E-state index in [9.17, 15) is 18.0 Å². The summed E-state index contributed by atoms with van der Waals surface area (Å²) >= 11 is 0. The van der Waals surface area contributed by atoms with Gasteiger partial charge in [0.15, 0.2) is 5.65 Å². The minimum absolute atomic E-state index is 0.0267. The molecule has 25 heavy (non-hydrogen) atoms. The van der Waals surface area contributed by atoms with Gasteiger partial charge in [0.25, 0.3) is 5.82 Å². The highest BCUT2D eigenvalue weighted by molar-refractivity contribution is 5.79. The number of nitrogens with one attached hydrogen (secondary N) is 1. The number of halogens is 3. The summed E-state index contributed by atoms with van der Waals surface area (Å²) in [6.07, 6.45) is -1.79. The van der Waals surface area contributed by atoms with Crippen molar-refractivity contribution in [3.63, 3.8) is 0 Å². The molecule has 2 aromatic rings. The van der Waals surface area contributed by atoms with Gasteiger partial charge in [0.2, 0.25) is 5.91 Å². The zero-order valence-corrected chi connectivity index (χ0v) is 13.3. The number of nitrogens with zero attached hydrogens (tertiary/aromatic N) is 5. The van der Waals surface area contributed by atoms with Gasteiger partial charge in [0.1, 0.15) is 5.82 Å². The summed E-state index contributed by atoms with van der Waals surface area (Å²) in [5, 5.41) is 13.4. The lowest BCUT2D eigenvalue weighted by molar-refractivity contribution is -0.146. The van der Waals surface area contributed by atoms with E-state index in [2.05, 4.69) is 27.2 Å². The summed E-state index contributed by atoms with van der Waals surface area (Å²) in [6, 6.07) is 3.07. The van der Waals surface area contributed by atoms with E-state index in [4.69, 9.17) is 0 Å². The van der Waals surface area contributed by atoms with E-state index in [0.29, 0.717) is 42.8 Å². The van der Waals surface area contributed by atoms with Crippen LogP contribution >= 0.6 is 0 Å². The average Bonchev–Trinajstić information content (AvgIpc) is 3.03. The molecule has 2 aromatic heterocycles. The van der Waals surface area contributed by atoms with Crippen molar-refractivity contribution in [2.24, 2.45) is 5.92 Å². The monoisotopic (exact) mass is 354 g/mol. The molecule has 1 saturated heterocycles. The minimum atomic E-state index is -4.62. The van der Waals surface area contributed by atoms with Crippen LogP contribution in [0.4, 0.5) is 19.0 Å². The highest BCUT2D eigenvalue weighted by Gasteiger charge is 2.38. The van der Waals surface area contributed by atoms with Crippen LogP contribution in [0.5, 0.6) is 0 Å². The fraction of sp³-hybridized carbons (Fsp3) is 0.467. The van der Waals surface area contributed by atoms with Gasteiger partial charge < -0.3 is 10.2 Å². The molecular formula is C15H17F3N6O. The van der Waals surface area contributed by atoms with Crippen LogP contribution in [0.15, 0.2) is 24.8 Å². The van der Waals surface area contributed by atoms with Crippen molar-refractivity contribution in [1.29, 1.82) is 0 Å². The standard InChI is InChI=1S/C15H17F3N6O/c1-2-7-19-13(25)10-5-8-23(9-6-10)12-4-3-11-20-21-14(15(16,17)18)24(11)22-12/h2-4,10H,1,5-9H2,(H,19,25). The van der Waals surface area contributed by atoms with E-state index in [0.717, 1.165) is 0 Å². The molecule has 1 fully saturated rings. The predicted molar refractivity (Wildman–Crippen MR) is 83.9 cm³/mol. The summed E-state index contributed by atoms with van der Waals surface area (Å²) in [5.74, 6) is -0.882. The van der Waals surface area contributed by atoms with Crippen molar-refractivity contribution >= 4 is 17.4 Å². The van der Waals surface area contributed by atoms with E-state index >= 15 is 0 Å². The number of amides is 1. The number of rotatable bonds is 4. The molecule has 7 nitrogen and oxygen atoms in total. The lowest BCUT2D eigenvalue weighted by Gasteiger charge is -2.32. The molecule has 0 unspecified atom stereocenters. The maximum atomic E-state index is 12.9. The number of alkyl halides is 3. The van der Waals surface area contributed by atoms with Crippen molar-refractivity contribution in [3.8, 4) is 0 Å². The van der Waals surface area contributed by atoms with Crippen LogP contribution in [0.3, 0.4) is 0 Å². The van der Waals surface area contributed by atoms with Crippen molar-refractivity contribution < 1.29 is 18.0 Å². The number of hydrogen-bond donors (Lipinski definition) is 1. The Balaban J connectivity index is 1.73. The third-order valence-corrected chi connectivity index (χ3v) is 4.11. The van der Waals surface area contributed by atoms with Gasteiger partial charge in [-0.15, -0.1) is 21.9 Å². The molecule has 3 rings (SSSR count). The smallest absolute Gasteiger partial charge is 0.355 e. The largest absolute Gasteiger partial charge is 0.453 e. The van der Waals surface area contributed by atoms with Crippen molar-refractivity contribution in [2.75, 3.05) is 24.5 Å². The molecule has 0 radical (unpaired) electrons. The molecule has 0 atom stereocenters. The molecule has 0 spiro atoms. The molecule has 134 valence electrons. The molecule has 10 heteroatoms. The quantitative estimate of drug-likeness (QED) is 0.846. The lowest BCUT2D eigenvalue weighted by Crippen LogP contribution is -2.41. The Hall–Kier alpha value is -2.65. The minimum Gasteiger partial charge on any atom is -0.355 e. The summed E-state index contributed by atoms with van der Waals surface area (Å²) in [7, 11) is 0. The van der Waals surface area contributed by atoms with E-state index in [-0.39, 0.29) is 17.5 Å². The molecule has 1 aliphatic rings. The number of carbonyl (C=O) groups excluding carboxylic acids is 1. The van der Waals surface area contributed by atoms with E-state index in [1.165, 1.54) is 6.07 Å². The lowest BCUT2D eigenvalue weighted by atomic mass is 9.96. The molecule has 1 amide bonds. The maximum Gasteiger partial charge on any atom is 0.453 e. The zero-order valence-electron chi connectivity index (χ0n) is 13.3. The van der Waals surface area contributed by atoms with Gasteiger partial charge in [0.05, 0.1) is 0 Å². The second kappa shape index (κ2) is 6.69. The Kier molecular flexibility index (Phi) is 4.60. The topological polar surface area (TPSA) is 75.4 Å². The van der Waals surface area contributed by atoms with Crippen molar-refractivity contribution in [2.45, 2.75) is 19.0 Å². The molecule has 1 N–H and O–H groups in total. The first-order valence-corrected chi connectivity index (χ1v) is 7.83. The molecule has 0 saturated carbocycles. The van der Waals surface area contributed by atoms with Gasteiger partial charge in [-0.25, -0.2) is 0 Å². The van der Waals surface area contributed by atoms with Gasteiger partial charge in [-0.2, -0.15) is 17.7 Å². The third-order valence-electron chi connectivity index (χ3n) is 4.11. The van der Waals surface area contributed by atoms with Crippen LogP contribution in [0.2, 0.25) is 0 Å². The van der Waals surface area contributed by atoms with Crippen molar-refractivity contribution in [1.82, 2.24) is 25.1 Å². The Bertz CT molecular complexity index is 779. The van der Waals surface area contributed by atoms with Crippen LogP contribution in [0.25, 0.3) is 5.65 Å². The molecule has 0 aliphatic carbocycles. The SMILES string of the molecule is C=CCNC(=O)C1CCN(c2ccc3nnc(C(F)(F)F)n3n2)CC1. The Morgan fingerprint density at radius 1 is 1.32 bits per heavy atom. The summed E-state index contributed by atoms with van der Waals surface area (Å²) in [4.78, 5) is 13.8. The van der Waals surface area contributed by atoms with Crippen LogP contribution in [0, 0.1) is 5.92 Å². The number of anilines is 1. The molecule has 3 heterocycles. The van der Waals surface area contributed by atoms with E-state index < -0.39 is 12.0 Å². The maximum absolute atomic E-state index is 12.9. The highest BCUT2D eigenvalue weighted by atomic mass is 19.4. The van der Waals surface area contributed by atoms with Crippen LogP contribution < -0.4 is 10.2 Å². The van der Waals surface area contributed by atoms with Gasteiger partial charge in [-0.3, -0.25) is 4.79 Å². The van der Waals surface area contributed by atoms with Gasteiger partial charge in [-0.1, -0.05) is 6.08 Å². The predicted octanol–water partition coefficient (Wildman–Crippen LogP) is 1.66. The number of piperidine rings is 1. The summed E-state index contributed by atoms with van der Waals surface area (Å²) < 4.78 is 39.5. The van der Waals surface area contributed by atoms with Gasteiger partial charge >= 0.3 is 6.18 Å². The number of fused-ring (bicyclic) bond motifs is 1. The zero-order chi connectivity index (χ0) is 18.0. The van der Waals surface area contributed by atoms with Crippen LogP contribution in [-0.4, -0.2) is 45.4 Å². The Morgan fingerprint density at radius 2 is 2.04 bits per heavy atom. The van der Waals surface area contributed by atoms with E-state index in [1.54, 1.807) is 12.1 Å². The normalized spacial score (nSPS) is 16.2. The highest BCUT2D eigenvalue weighted by Crippen LogP contribution is 2.28. The number of hydrogen-bond acceptors (Lipinski definition) is 5. The fourth-order valence-electron chi connectivity index (χ4n) is 2.81. The number of carbonyl (C=O) groups is 1. The second-order valence-electron chi connectivity index (χ2n) is 5.78. The first kappa shape index (κ1) is 17.2.